The highest BCUT2D eigenvalue weighted by Crippen LogP contribution is 2.29. The SMILES string of the molecule is CCN(CC)S(=O)(=O)c1ccc(N/N=C(/C)c2ccccc2OC)c([N+](=O)[O-])c1. The second kappa shape index (κ2) is 9.48. The van der Waals surface area contributed by atoms with Crippen molar-refractivity contribution in [1.82, 2.24) is 4.31 Å². The van der Waals surface area contributed by atoms with E-state index in [9.17, 15) is 18.5 Å². The van der Waals surface area contributed by atoms with Gasteiger partial charge >= 0.3 is 0 Å². The van der Waals surface area contributed by atoms with Gasteiger partial charge in [0.2, 0.25) is 10.0 Å². The molecule has 0 heterocycles. The smallest absolute Gasteiger partial charge is 0.295 e. The summed E-state index contributed by atoms with van der Waals surface area (Å²) in [5, 5.41) is 15.7. The predicted molar refractivity (Wildman–Crippen MR) is 112 cm³/mol. The Morgan fingerprint density at radius 2 is 1.86 bits per heavy atom. The first-order chi connectivity index (χ1) is 13.8. The highest BCUT2D eigenvalue weighted by molar-refractivity contribution is 7.89. The largest absolute Gasteiger partial charge is 0.496 e. The molecule has 9 nitrogen and oxygen atoms in total. The molecular formula is C19H24N4O5S. The number of methoxy groups -OCH3 is 1. The molecule has 2 rings (SSSR count). The molecule has 0 atom stereocenters. The van der Waals surface area contributed by atoms with Crippen LogP contribution in [0, 0.1) is 10.1 Å². The molecule has 0 radical (unpaired) electrons. The molecule has 10 heteroatoms. The van der Waals surface area contributed by atoms with Crippen LogP contribution in [0.15, 0.2) is 52.5 Å². The first-order valence-corrected chi connectivity index (χ1v) is 10.4. The van der Waals surface area contributed by atoms with Crippen LogP contribution in [0.5, 0.6) is 5.75 Å². The van der Waals surface area contributed by atoms with Gasteiger partial charge in [0.05, 0.1) is 22.6 Å². The van der Waals surface area contributed by atoms with Crippen LogP contribution in [-0.2, 0) is 10.0 Å². The summed E-state index contributed by atoms with van der Waals surface area (Å²) in [5.41, 5.74) is 3.65. The van der Waals surface area contributed by atoms with Gasteiger partial charge in [0.1, 0.15) is 11.4 Å². The van der Waals surface area contributed by atoms with Crippen LogP contribution in [-0.4, -0.2) is 43.6 Å². The number of anilines is 1. The summed E-state index contributed by atoms with van der Waals surface area (Å²) < 4.78 is 31.8. The molecule has 0 amide bonds. The molecule has 0 saturated carbocycles. The van der Waals surface area contributed by atoms with Crippen molar-refractivity contribution in [2.45, 2.75) is 25.7 Å². The average molecular weight is 420 g/mol. The maximum absolute atomic E-state index is 12.6. The van der Waals surface area contributed by atoms with Crippen LogP contribution in [0.4, 0.5) is 11.4 Å². The number of para-hydroxylation sites is 1. The lowest BCUT2D eigenvalue weighted by molar-refractivity contribution is -0.384. The maximum Gasteiger partial charge on any atom is 0.295 e. The summed E-state index contributed by atoms with van der Waals surface area (Å²) in [6, 6.07) is 11.0. The number of sulfonamides is 1. The zero-order valence-corrected chi connectivity index (χ0v) is 17.6. The van der Waals surface area contributed by atoms with Crippen LogP contribution in [0.25, 0.3) is 0 Å². The molecule has 0 aromatic heterocycles. The van der Waals surface area contributed by atoms with E-state index in [-0.39, 0.29) is 29.4 Å². The molecule has 1 N–H and O–H groups in total. The summed E-state index contributed by atoms with van der Waals surface area (Å²) in [4.78, 5) is 10.7. The standard InChI is InChI=1S/C19H24N4O5S/c1-5-22(6-2)29(26,27)15-11-12-17(18(13-15)23(24)25)21-20-14(3)16-9-7-8-10-19(16)28-4/h7-13,21H,5-6H2,1-4H3/b20-14-. The van der Waals surface area contributed by atoms with Gasteiger partial charge in [0.25, 0.3) is 5.69 Å². The van der Waals surface area contributed by atoms with E-state index in [2.05, 4.69) is 10.5 Å². The Morgan fingerprint density at radius 3 is 2.45 bits per heavy atom. The maximum atomic E-state index is 12.6. The second-order valence-electron chi connectivity index (χ2n) is 6.03. The molecule has 2 aromatic carbocycles. The van der Waals surface area contributed by atoms with E-state index in [0.29, 0.717) is 11.5 Å². The third-order valence-electron chi connectivity index (χ3n) is 4.35. The van der Waals surface area contributed by atoms with Crippen molar-refractivity contribution in [3.63, 3.8) is 0 Å². The van der Waals surface area contributed by atoms with Gasteiger partial charge < -0.3 is 4.74 Å². The molecule has 0 aliphatic heterocycles. The van der Waals surface area contributed by atoms with E-state index in [1.807, 2.05) is 18.2 Å². The summed E-state index contributed by atoms with van der Waals surface area (Å²) in [7, 11) is -2.27. The van der Waals surface area contributed by atoms with Crippen molar-refractivity contribution in [3.8, 4) is 5.75 Å². The molecule has 156 valence electrons. The van der Waals surface area contributed by atoms with Gasteiger partial charge in [0, 0.05) is 24.7 Å². The number of nitrogens with zero attached hydrogens (tertiary/aromatic N) is 3. The average Bonchev–Trinajstić information content (AvgIpc) is 2.72. The van der Waals surface area contributed by atoms with E-state index >= 15 is 0 Å². The van der Waals surface area contributed by atoms with Crippen LogP contribution in [0.3, 0.4) is 0 Å². The van der Waals surface area contributed by atoms with Crippen molar-refractivity contribution in [2.24, 2.45) is 5.10 Å². The fourth-order valence-electron chi connectivity index (χ4n) is 2.78. The number of hydrazone groups is 1. The molecular weight excluding hydrogens is 396 g/mol. The van der Waals surface area contributed by atoms with Crippen LogP contribution >= 0.6 is 0 Å². The molecule has 2 aromatic rings. The number of rotatable bonds is 9. The third-order valence-corrected chi connectivity index (χ3v) is 6.40. The Balaban J connectivity index is 2.41. The van der Waals surface area contributed by atoms with E-state index < -0.39 is 14.9 Å². The van der Waals surface area contributed by atoms with Gasteiger partial charge in [-0.1, -0.05) is 26.0 Å². The Bertz CT molecular complexity index is 1020. The first-order valence-electron chi connectivity index (χ1n) is 8.98. The summed E-state index contributed by atoms with van der Waals surface area (Å²) >= 11 is 0. The van der Waals surface area contributed by atoms with E-state index in [1.165, 1.54) is 16.4 Å². The quantitative estimate of drug-likeness (QED) is 0.377. The van der Waals surface area contributed by atoms with Gasteiger partial charge in [-0.05, 0) is 31.2 Å². The van der Waals surface area contributed by atoms with Crippen molar-refractivity contribution in [1.29, 1.82) is 0 Å². The minimum absolute atomic E-state index is 0.0859. The van der Waals surface area contributed by atoms with Gasteiger partial charge in [-0.2, -0.15) is 9.41 Å². The lowest BCUT2D eigenvalue weighted by Gasteiger charge is -2.18. The van der Waals surface area contributed by atoms with Crippen molar-refractivity contribution < 1.29 is 18.1 Å². The van der Waals surface area contributed by atoms with E-state index in [0.717, 1.165) is 11.6 Å². The molecule has 0 bridgehead atoms. The van der Waals surface area contributed by atoms with Gasteiger partial charge in [-0.25, -0.2) is 8.42 Å². The second-order valence-corrected chi connectivity index (χ2v) is 7.97. The fraction of sp³-hybridized carbons (Fsp3) is 0.316. The minimum atomic E-state index is -3.81. The summed E-state index contributed by atoms with van der Waals surface area (Å²) in [6.45, 7) is 5.70. The minimum Gasteiger partial charge on any atom is -0.496 e. The molecule has 0 unspecified atom stereocenters. The van der Waals surface area contributed by atoms with Gasteiger partial charge in [-0.3, -0.25) is 15.5 Å². The van der Waals surface area contributed by atoms with Crippen molar-refractivity contribution in [2.75, 3.05) is 25.6 Å². The Morgan fingerprint density at radius 1 is 1.21 bits per heavy atom. The zero-order valence-electron chi connectivity index (χ0n) is 16.7. The summed E-state index contributed by atoms with van der Waals surface area (Å²) in [6.07, 6.45) is 0. The summed E-state index contributed by atoms with van der Waals surface area (Å²) in [5.74, 6) is 0.616. The lowest BCUT2D eigenvalue weighted by Crippen LogP contribution is -2.30. The fourth-order valence-corrected chi connectivity index (χ4v) is 4.26. The number of nitro benzene ring substituents is 1. The number of ether oxygens (including phenoxy) is 1. The molecule has 0 spiro atoms. The third kappa shape index (κ3) is 4.90. The lowest BCUT2D eigenvalue weighted by atomic mass is 10.1. The van der Waals surface area contributed by atoms with Crippen LogP contribution in [0.1, 0.15) is 26.3 Å². The molecule has 29 heavy (non-hydrogen) atoms. The Labute approximate surface area is 170 Å². The van der Waals surface area contributed by atoms with Gasteiger partial charge in [0.15, 0.2) is 0 Å². The Hall–Kier alpha value is -2.98. The van der Waals surface area contributed by atoms with Crippen LogP contribution < -0.4 is 10.2 Å². The zero-order chi connectivity index (χ0) is 21.6. The normalized spacial score (nSPS) is 12.1. The van der Waals surface area contributed by atoms with E-state index in [4.69, 9.17) is 4.74 Å². The van der Waals surface area contributed by atoms with Crippen molar-refractivity contribution in [3.05, 3.63) is 58.1 Å². The number of hydrogen-bond acceptors (Lipinski definition) is 7. The predicted octanol–water partition coefficient (Wildman–Crippen LogP) is 3.47. The number of benzene rings is 2. The monoisotopic (exact) mass is 420 g/mol. The molecule has 0 saturated heterocycles. The number of hydrogen-bond donors (Lipinski definition) is 1. The molecule has 0 aliphatic rings. The Kier molecular flexibility index (Phi) is 7.29. The highest BCUT2D eigenvalue weighted by Gasteiger charge is 2.25. The number of nitro groups is 1. The van der Waals surface area contributed by atoms with Gasteiger partial charge in [-0.15, -0.1) is 0 Å². The van der Waals surface area contributed by atoms with Crippen LogP contribution in [0.2, 0.25) is 0 Å². The van der Waals surface area contributed by atoms with Crippen molar-refractivity contribution >= 4 is 27.1 Å². The molecule has 0 fully saturated rings. The molecule has 0 aliphatic carbocycles. The van der Waals surface area contributed by atoms with E-state index in [1.54, 1.807) is 33.9 Å². The highest BCUT2D eigenvalue weighted by atomic mass is 32.2. The number of nitrogens with one attached hydrogen (secondary N) is 1. The topological polar surface area (TPSA) is 114 Å². The first kappa shape index (κ1) is 22.3.